The molecule has 2 nitrogen and oxygen atoms in total. The fourth-order valence-corrected chi connectivity index (χ4v) is 4.06. The Kier molecular flexibility index (Phi) is 5.42. The Morgan fingerprint density at radius 3 is 2.60 bits per heavy atom. The molecule has 114 valence electrons. The second-order valence-corrected chi connectivity index (χ2v) is 7.42. The van der Waals surface area contributed by atoms with Gasteiger partial charge in [-0.1, -0.05) is 32.4 Å². The molecule has 1 aliphatic carbocycles. The second kappa shape index (κ2) is 6.70. The third kappa shape index (κ3) is 3.33. The molecule has 4 heteroatoms. The van der Waals surface area contributed by atoms with Gasteiger partial charge in [0, 0.05) is 12.4 Å². The molecule has 1 aromatic heterocycles. The van der Waals surface area contributed by atoms with Gasteiger partial charge in [-0.15, -0.1) is 11.6 Å². The minimum Gasteiger partial charge on any atom is -0.271 e. The van der Waals surface area contributed by atoms with Gasteiger partial charge in [0.25, 0.3) is 0 Å². The Morgan fingerprint density at radius 1 is 1.35 bits per heavy atom. The van der Waals surface area contributed by atoms with Crippen LogP contribution in [0.5, 0.6) is 0 Å². The standard InChI is InChI=1S/C16H26Cl2N2/c1-5-14-16(18)15(20(4)19-14)9-12-8-11(10(2)3)6-7-13(12)17/h10-13H,5-9H2,1-4H3. The summed E-state index contributed by atoms with van der Waals surface area (Å²) in [6.45, 7) is 6.74. The molecule has 0 N–H and O–H groups in total. The summed E-state index contributed by atoms with van der Waals surface area (Å²) in [5.74, 6) is 2.07. The van der Waals surface area contributed by atoms with Crippen LogP contribution in [0.25, 0.3) is 0 Å². The van der Waals surface area contributed by atoms with Gasteiger partial charge in [-0.05, 0) is 49.9 Å². The van der Waals surface area contributed by atoms with Crippen LogP contribution < -0.4 is 0 Å². The minimum absolute atomic E-state index is 0.279. The van der Waals surface area contributed by atoms with Gasteiger partial charge in [-0.3, -0.25) is 4.68 Å². The van der Waals surface area contributed by atoms with Crippen molar-refractivity contribution >= 4 is 23.2 Å². The van der Waals surface area contributed by atoms with E-state index in [9.17, 15) is 0 Å². The van der Waals surface area contributed by atoms with Crippen LogP contribution >= 0.6 is 23.2 Å². The van der Waals surface area contributed by atoms with Crippen molar-refractivity contribution in [1.82, 2.24) is 9.78 Å². The quantitative estimate of drug-likeness (QED) is 0.725. The zero-order valence-corrected chi connectivity index (χ0v) is 14.5. The minimum atomic E-state index is 0.279. The topological polar surface area (TPSA) is 17.8 Å². The Balaban J connectivity index is 2.13. The highest BCUT2D eigenvalue weighted by molar-refractivity contribution is 6.31. The van der Waals surface area contributed by atoms with Crippen LogP contribution in [0.1, 0.15) is 51.4 Å². The third-order valence-corrected chi connectivity index (χ3v) is 5.84. The lowest BCUT2D eigenvalue weighted by Crippen LogP contribution is -2.30. The first-order chi connectivity index (χ1) is 9.43. The predicted molar refractivity (Wildman–Crippen MR) is 86.6 cm³/mol. The van der Waals surface area contributed by atoms with E-state index in [0.717, 1.165) is 47.5 Å². The van der Waals surface area contributed by atoms with E-state index in [0.29, 0.717) is 5.92 Å². The number of halogens is 2. The van der Waals surface area contributed by atoms with Gasteiger partial charge in [-0.25, -0.2) is 0 Å². The summed E-state index contributed by atoms with van der Waals surface area (Å²) in [4.78, 5) is 0. The average molecular weight is 317 g/mol. The van der Waals surface area contributed by atoms with Crippen molar-refractivity contribution in [3.63, 3.8) is 0 Å². The Bertz CT molecular complexity index is 454. The van der Waals surface area contributed by atoms with Crippen molar-refractivity contribution < 1.29 is 0 Å². The second-order valence-electron chi connectivity index (χ2n) is 6.48. The van der Waals surface area contributed by atoms with Crippen LogP contribution in [-0.2, 0) is 19.9 Å². The summed E-state index contributed by atoms with van der Waals surface area (Å²) in [5, 5.41) is 5.65. The Hall–Kier alpha value is -0.210. The fraction of sp³-hybridized carbons (Fsp3) is 0.812. The molecule has 0 saturated heterocycles. The molecule has 2 rings (SSSR count). The van der Waals surface area contributed by atoms with Gasteiger partial charge in [0.2, 0.25) is 0 Å². The SMILES string of the molecule is CCc1nn(C)c(CC2CC(C(C)C)CCC2Cl)c1Cl. The van der Waals surface area contributed by atoms with E-state index in [-0.39, 0.29) is 5.38 Å². The molecule has 20 heavy (non-hydrogen) atoms. The van der Waals surface area contributed by atoms with Gasteiger partial charge in [0.15, 0.2) is 0 Å². The molecule has 1 fully saturated rings. The molecular formula is C16H26Cl2N2. The molecule has 1 aliphatic rings. The maximum atomic E-state index is 6.58. The van der Waals surface area contributed by atoms with Gasteiger partial charge in [-0.2, -0.15) is 5.10 Å². The van der Waals surface area contributed by atoms with Crippen molar-refractivity contribution in [2.75, 3.05) is 0 Å². The number of hydrogen-bond donors (Lipinski definition) is 0. The van der Waals surface area contributed by atoms with Crippen molar-refractivity contribution in [2.45, 2.75) is 58.3 Å². The van der Waals surface area contributed by atoms with Crippen LogP contribution in [0.15, 0.2) is 0 Å². The lowest BCUT2D eigenvalue weighted by Gasteiger charge is -2.35. The summed E-state index contributed by atoms with van der Waals surface area (Å²) in [7, 11) is 1.99. The molecule has 1 aromatic rings. The van der Waals surface area contributed by atoms with E-state index in [4.69, 9.17) is 23.2 Å². The molecule has 1 saturated carbocycles. The number of hydrogen-bond acceptors (Lipinski definition) is 1. The fourth-order valence-electron chi connectivity index (χ4n) is 3.37. The summed E-state index contributed by atoms with van der Waals surface area (Å²) in [6.07, 6.45) is 5.46. The van der Waals surface area contributed by atoms with Crippen LogP contribution in [0, 0.1) is 17.8 Å². The van der Waals surface area contributed by atoms with Gasteiger partial charge >= 0.3 is 0 Å². The highest BCUT2D eigenvalue weighted by Gasteiger charge is 2.32. The summed E-state index contributed by atoms with van der Waals surface area (Å²) in [5.41, 5.74) is 2.16. The maximum absolute atomic E-state index is 6.58. The van der Waals surface area contributed by atoms with E-state index in [1.54, 1.807) is 0 Å². The molecule has 0 bridgehead atoms. The van der Waals surface area contributed by atoms with Gasteiger partial charge < -0.3 is 0 Å². The maximum Gasteiger partial charge on any atom is 0.0849 e. The van der Waals surface area contributed by atoms with Crippen molar-refractivity contribution in [2.24, 2.45) is 24.8 Å². The highest BCUT2D eigenvalue weighted by atomic mass is 35.5. The Morgan fingerprint density at radius 2 is 2.05 bits per heavy atom. The summed E-state index contributed by atoms with van der Waals surface area (Å²) in [6, 6.07) is 0. The smallest absolute Gasteiger partial charge is 0.0849 e. The lowest BCUT2D eigenvalue weighted by atomic mass is 9.74. The molecule has 0 aromatic carbocycles. The first-order valence-electron chi connectivity index (χ1n) is 7.78. The number of alkyl halides is 1. The zero-order chi connectivity index (χ0) is 14.9. The van der Waals surface area contributed by atoms with Crippen molar-refractivity contribution in [1.29, 1.82) is 0 Å². The zero-order valence-electron chi connectivity index (χ0n) is 13.0. The normalized spacial score (nSPS) is 27.2. The van der Waals surface area contributed by atoms with Crippen molar-refractivity contribution in [3.8, 4) is 0 Å². The molecule has 0 amide bonds. The van der Waals surface area contributed by atoms with Gasteiger partial charge in [0.1, 0.15) is 0 Å². The monoisotopic (exact) mass is 316 g/mol. The van der Waals surface area contributed by atoms with Crippen LogP contribution in [-0.4, -0.2) is 15.2 Å². The van der Waals surface area contributed by atoms with E-state index < -0.39 is 0 Å². The van der Waals surface area contributed by atoms with E-state index in [2.05, 4.69) is 25.9 Å². The first-order valence-corrected chi connectivity index (χ1v) is 8.59. The highest BCUT2D eigenvalue weighted by Crippen LogP contribution is 2.39. The van der Waals surface area contributed by atoms with Crippen LogP contribution in [0.3, 0.4) is 0 Å². The molecular weight excluding hydrogens is 291 g/mol. The number of rotatable bonds is 4. The first kappa shape index (κ1) is 16.2. The van der Waals surface area contributed by atoms with Gasteiger partial charge in [0.05, 0.1) is 16.4 Å². The lowest BCUT2D eigenvalue weighted by molar-refractivity contribution is 0.216. The molecule has 0 aliphatic heterocycles. The van der Waals surface area contributed by atoms with E-state index in [1.165, 1.54) is 12.8 Å². The van der Waals surface area contributed by atoms with Crippen LogP contribution in [0.4, 0.5) is 0 Å². The Labute approximate surface area is 132 Å². The summed E-state index contributed by atoms with van der Waals surface area (Å²) < 4.78 is 1.95. The number of aromatic nitrogens is 2. The van der Waals surface area contributed by atoms with Crippen LogP contribution in [0.2, 0.25) is 5.02 Å². The molecule has 0 spiro atoms. The molecule has 0 radical (unpaired) electrons. The molecule has 3 unspecified atom stereocenters. The molecule has 1 heterocycles. The average Bonchev–Trinajstić information content (AvgIpc) is 2.68. The van der Waals surface area contributed by atoms with Crippen molar-refractivity contribution in [3.05, 3.63) is 16.4 Å². The third-order valence-electron chi connectivity index (χ3n) is 4.83. The van der Waals surface area contributed by atoms with E-state index >= 15 is 0 Å². The largest absolute Gasteiger partial charge is 0.271 e. The predicted octanol–water partition coefficient (Wildman–Crippen LogP) is 4.86. The number of nitrogens with zero attached hydrogens (tertiary/aromatic N) is 2. The summed E-state index contributed by atoms with van der Waals surface area (Å²) >= 11 is 13.0. The van der Waals surface area contributed by atoms with E-state index in [1.807, 2.05) is 11.7 Å². The number of aryl methyl sites for hydroxylation is 2. The molecule has 3 atom stereocenters.